The van der Waals surface area contributed by atoms with Gasteiger partial charge in [0.25, 0.3) is 0 Å². The predicted molar refractivity (Wildman–Crippen MR) is 55.7 cm³/mol. The van der Waals surface area contributed by atoms with Crippen LogP contribution in [0, 0.1) is 0 Å². The molecule has 84 valence electrons. The highest BCUT2D eigenvalue weighted by atomic mass is 16.5. The van der Waals surface area contributed by atoms with Crippen LogP contribution in [0.3, 0.4) is 0 Å². The summed E-state index contributed by atoms with van der Waals surface area (Å²) >= 11 is 0. The normalized spacial score (nSPS) is 13.6. The molecule has 4 nitrogen and oxygen atoms in total. The third-order valence-corrected chi connectivity index (χ3v) is 2.36. The van der Waals surface area contributed by atoms with Crippen molar-refractivity contribution in [2.75, 3.05) is 13.2 Å². The van der Waals surface area contributed by atoms with Gasteiger partial charge in [-0.25, -0.2) is 0 Å². The molecule has 0 saturated carbocycles. The second-order valence-electron chi connectivity index (χ2n) is 3.47. The lowest BCUT2D eigenvalue weighted by molar-refractivity contribution is -0.106. The maximum absolute atomic E-state index is 9.48. The Morgan fingerprint density at radius 3 is 2.13 bits per heavy atom. The molecule has 4 heteroatoms. The van der Waals surface area contributed by atoms with Crippen molar-refractivity contribution < 1.29 is 20.1 Å². The first-order valence-electron chi connectivity index (χ1n) is 4.78. The van der Waals surface area contributed by atoms with Gasteiger partial charge in [-0.2, -0.15) is 0 Å². The van der Waals surface area contributed by atoms with Crippen molar-refractivity contribution in [2.45, 2.75) is 18.6 Å². The Balaban J connectivity index is 2.84. The Kier molecular flexibility index (Phi) is 4.08. The molecule has 1 rings (SSSR count). The Hall–Kier alpha value is -1.10. The number of para-hydroxylation sites is 1. The minimum atomic E-state index is -1.35. The van der Waals surface area contributed by atoms with Crippen molar-refractivity contribution in [3.05, 3.63) is 30.3 Å². The molecule has 0 amide bonds. The van der Waals surface area contributed by atoms with Gasteiger partial charge in [-0.05, 0) is 19.1 Å². The van der Waals surface area contributed by atoms with Crippen molar-refractivity contribution in [1.29, 1.82) is 0 Å². The van der Waals surface area contributed by atoms with Crippen molar-refractivity contribution in [3.63, 3.8) is 0 Å². The molecule has 0 aliphatic heterocycles. The number of rotatable bonds is 5. The Morgan fingerprint density at radius 2 is 1.73 bits per heavy atom. The summed E-state index contributed by atoms with van der Waals surface area (Å²) in [6.45, 7) is 0.571. The van der Waals surface area contributed by atoms with E-state index in [4.69, 9.17) is 14.9 Å². The molecule has 0 aromatic heterocycles. The number of ether oxygens (including phenoxy) is 1. The summed E-state index contributed by atoms with van der Waals surface area (Å²) < 4.78 is 5.41. The van der Waals surface area contributed by atoms with Crippen LogP contribution in [0.4, 0.5) is 0 Å². The number of benzene rings is 1. The second-order valence-corrected chi connectivity index (χ2v) is 3.47. The fourth-order valence-electron chi connectivity index (χ4n) is 1.19. The van der Waals surface area contributed by atoms with Crippen LogP contribution < -0.4 is 4.74 Å². The average Bonchev–Trinajstić information content (AvgIpc) is 2.27. The molecule has 0 radical (unpaired) electrons. The van der Waals surface area contributed by atoms with E-state index in [-0.39, 0.29) is 0 Å². The summed E-state index contributed by atoms with van der Waals surface area (Å²) in [5, 5.41) is 27.8. The van der Waals surface area contributed by atoms with Gasteiger partial charge in [0.15, 0.2) is 5.60 Å². The van der Waals surface area contributed by atoms with Gasteiger partial charge >= 0.3 is 0 Å². The zero-order valence-electron chi connectivity index (χ0n) is 8.63. The number of hydrogen-bond acceptors (Lipinski definition) is 4. The first-order chi connectivity index (χ1) is 7.14. The lowest BCUT2D eigenvalue weighted by atomic mass is 10.00. The van der Waals surface area contributed by atoms with E-state index in [1.54, 1.807) is 24.3 Å². The van der Waals surface area contributed by atoms with Crippen molar-refractivity contribution in [3.8, 4) is 5.75 Å². The van der Waals surface area contributed by atoms with Crippen LogP contribution in [-0.4, -0.2) is 40.2 Å². The van der Waals surface area contributed by atoms with E-state index in [0.717, 1.165) is 0 Å². The third kappa shape index (κ3) is 2.68. The largest absolute Gasteiger partial charge is 0.480 e. The highest BCUT2D eigenvalue weighted by Gasteiger charge is 2.36. The topological polar surface area (TPSA) is 69.9 Å². The number of hydrogen-bond donors (Lipinski definition) is 3. The smallest absolute Gasteiger partial charge is 0.180 e. The lowest BCUT2D eigenvalue weighted by Crippen LogP contribution is -2.52. The highest BCUT2D eigenvalue weighted by Crippen LogP contribution is 2.20. The average molecular weight is 212 g/mol. The van der Waals surface area contributed by atoms with Crippen LogP contribution in [-0.2, 0) is 0 Å². The zero-order chi connectivity index (χ0) is 11.3. The van der Waals surface area contributed by atoms with E-state index in [9.17, 15) is 5.11 Å². The molecule has 0 aliphatic rings. The Morgan fingerprint density at radius 1 is 1.20 bits per heavy atom. The molecule has 0 fully saturated rings. The van der Waals surface area contributed by atoms with E-state index < -0.39 is 24.9 Å². The fraction of sp³-hybridized carbons (Fsp3) is 0.455. The minimum Gasteiger partial charge on any atom is -0.480 e. The molecule has 0 saturated heterocycles. The van der Waals surface area contributed by atoms with Gasteiger partial charge < -0.3 is 20.1 Å². The first kappa shape index (κ1) is 12.0. The van der Waals surface area contributed by atoms with Crippen molar-refractivity contribution in [1.82, 2.24) is 0 Å². The van der Waals surface area contributed by atoms with Crippen LogP contribution in [0.25, 0.3) is 0 Å². The van der Waals surface area contributed by atoms with Crippen LogP contribution in [0.2, 0.25) is 0 Å². The SMILES string of the molecule is CC(O)C(CO)(CO)Oc1ccccc1. The van der Waals surface area contributed by atoms with E-state index in [1.807, 2.05) is 6.07 Å². The molecule has 0 bridgehead atoms. The summed E-state index contributed by atoms with van der Waals surface area (Å²) in [4.78, 5) is 0. The molecule has 1 aromatic rings. The zero-order valence-corrected chi connectivity index (χ0v) is 8.63. The molecule has 3 N–H and O–H groups in total. The molecular formula is C11H16O4. The first-order valence-corrected chi connectivity index (χ1v) is 4.78. The predicted octanol–water partition coefficient (Wildman–Crippen LogP) is 0.170. The standard InChI is InChI=1S/C11H16O4/c1-9(14)11(7-12,8-13)15-10-5-3-2-4-6-10/h2-6,9,12-14H,7-8H2,1H3. The van der Waals surface area contributed by atoms with Crippen LogP contribution >= 0.6 is 0 Å². The summed E-state index contributed by atoms with van der Waals surface area (Å²) in [6, 6.07) is 8.77. The second kappa shape index (κ2) is 5.11. The van der Waals surface area contributed by atoms with Gasteiger partial charge in [0.05, 0.1) is 19.3 Å². The van der Waals surface area contributed by atoms with Gasteiger partial charge in [-0.15, -0.1) is 0 Å². The van der Waals surface area contributed by atoms with Crippen LogP contribution in [0.1, 0.15) is 6.92 Å². The summed E-state index contributed by atoms with van der Waals surface area (Å²) in [5.41, 5.74) is -1.35. The van der Waals surface area contributed by atoms with Crippen LogP contribution in [0.15, 0.2) is 30.3 Å². The molecule has 1 atom stereocenters. The summed E-state index contributed by atoms with van der Waals surface area (Å²) in [7, 11) is 0. The number of aliphatic hydroxyl groups is 3. The molecule has 15 heavy (non-hydrogen) atoms. The van der Waals surface area contributed by atoms with Gasteiger partial charge in [-0.1, -0.05) is 18.2 Å². The molecule has 0 aliphatic carbocycles. The number of aliphatic hydroxyl groups excluding tert-OH is 3. The van der Waals surface area contributed by atoms with E-state index in [1.165, 1.54) is 6.92 Å². The van der Waals surface area contributed by atoms with E-state index >= 15 is 0 Å². The molecule has 1 unspecified atom stereocenters. The Bertz CT molecular complexity index is 280. The van der Waals surface area contributed by atoms with E-state index in [2.05, 4.69) is 0 Å². The fourth-order valence-corrected chi connectivity index (χ4v) is 1.19. The van der Waals surface area contributed by atoms with Gasteiger partial charge in [-0.3, -0.25) is 0 Å². The van der Waals surface area contributed by atoms with Crippen molar-refractivity contribution in [2.24, 2.45) is 0 Å². The van der Waals surface area contributed by atoms with Crippen molar-refractivity contribution >= 4 is 0 Å². The summed E-state index contributed by atoms with van der Waals surface area (Å²) in [5.74, 6) is 0.501. The lowest BCUT2D eigenvalue weighted by Gasteiger charge is -2.33. The van der Waals surface area contributed by atoms with Gasteiger partial charge in [0.1, 0.15) is 5.75 Å². The molecule has 0 spiro atoms. The van der Waals surface area contributed by atoms with Gasteiger partial charge in [0.2, 0.25) is 0 Å². The quantitative estimate of drug-likeness (QED) is 0.650. The third-order valence-electron chi connectivity index (χ3n) is 2.36. The van der Waals surface area contributed by atoms with E-state index in [0.29, 0.717) is 5.75 Å². The maximum Gasteiger partial charge on any atom is 0.180 e. The molecule has 0 heterocycles. The molecule has 1 aromatic carbocycles. The summed E-state index contributed by atoms with van der Waals surface area (Å²) in [6.07, 6.45) is -0.965. The maximum atomic E-state index is 9.48. The Labute approximate surface area is 88.8 Å². The minimum absolute atomic E-state index is 0.448. The van der Waals surface area contributed by atoms with Gasteiger partial charge in [0, 0.05) is 0 Å². The molecular weight excluding hydrogens is 196 g/mol. The monoisotopic (exact) mass is 212 g/mol. The highest BCUT2D eigenvalue weighted by molar-refractivity contribution is 5.22. The van der Waals surface area contributed by atoms with Crippen LogP contribution in [0.5, 0.6) is 5.75 Å².